The summed E-state index contributed by atoms with van der Waals surface area (Å²) in [5.74, 6) is -0.0745. The Bertz CT molecular complexity index is 942. The summed E-state index contributed by atoms with van der Waals surface area (Å²) in [6, 6.07) is 20.0. The van der Waals surface area contributed by atoms with Crippen molar-refractivity contribution in [2.45, 2.75) is 0 Å². The molecule has 3 rings (SSSR count). The Kier molecular flexibility index (Phi) is 5.56. The van der Waals surface area contributed by atoms with Crippen LogP contribution < -0.4 is 10.6 Å². The summed E-state index contributed by atoms with van der Waals surface area (Å²) in [7, 11) is 0. The molecule has 26 heavy (non-hydrogen) atoms. The summed E-state index contributed by atoms with van der Waals surface area (Å²) < 4.78 is 0. The molecule has 2 N–H and O–H groups in total. The molecule has 0 heterocycles. The normalized spacial score (nSPS) is 10.2. The molecular formula is C20H14Cl2N2O2. The van der Waals surface area contributed by atoms with Crippen LogP contribution >= 0.6 is 23.2 Å². The number of carbonyl (C=O) groups excluding carboxylic acids is 2. The van der Waals surface area contributed by atoms with E-state index in [2.05, 4.69) is 10.6 Å². The summed E-state index contributed by atoms with van der Waals surface area (Å²) >= 11 is 11.9. The lowest BCUT2D eigenvalue weighted by atomic mass is 10.0. The van der Waals surface area contributed by atoms with Gasteiger partial charge < -0.3 is 10.6 Å². The van der Waals surface area contributed by atoms with Crippen LogP contribution in [0.5, 0.6) is 0 Å². The molecule has 4 nitrogen and oxygen atoms in total. The molecule has 2 amide bonds. The van der Waals surface area contributed by atoms with Gasteiger partial charge in [0, 0.05) is 21.8 Å². The molecule has 0 saturated heterocycles. The van der Waals surface area contributed by atoms with E-state index in [9.17, 15) is 9.59 Å². The predicted octanol–water partition coefficient (Wildman–Crippen LogP) is 5.87. The smallest absolute Gasteiger partial charge is 0.308 e. The highest BCUT2D eigenvalue weighted by Gasteiger charge is 2.10. The first-order chi connectivity index (χ1) is 12.5. The molecule has 0 aliphatic carbocycles. The van der Waals surface area contributed by atoms with Crippen LogP contribution in [-0.2, 0) is 0 Å². The minimum absolute atomic E-state index is 0.0745. The highest BCUT2D eigenvalue weighted by molar-refractivity contribution is 6.36. The molecule has 130 valence electrons. The topological polar surface area (TPSA) is 58.2 Å². The lowest BCUT2D eigenvalue weighted by Crippen LogP contribution is -2.19. The molecule has 0 aromatic heterocycles. The molecule has 3 aromatic rings. The van der Waals surface area contributed by atoms with Gasteiger partial charge in [0.2, 0.25) is 0 Å². The summed E-state index contributed by atoms with van der Waals surface area (Å²) in [5, 5.41) is 6.16. The number of urea groups is 1. The number of ketones is 1. The second-order valence-electron chi connectivity index (χ2n) is 5.48. The highest BCUT2D eigenvalue weighted by atomic mass is 35.5. The second kappa shape index (κ2) is 8.04. The Morgan fingerprint density at radius 1 is 0.731 bits per heavy atom. The van der Waals surface area contributed by atoms with E-state index in [1.807, 2.05) is 18.2 Å². The number of hydrogen-bond acceptors (Lipinski definition) is 2. The number of amides is 2. The van der Waals surface area contributed by atoms with Crippen molar-refractivity contribution in [3.05, 3.63) is 94.0 Å². The van der Waals surface area contributed by atoms with Crippen LogP contribution in [-0.4, -0.2) is 11.8 Å². The molecule has 6 heteroatoms. The minimum atomic E-state index is -0.448. The molecular weight excluding hydrogens is 371 g/mol. The van der Waals surface area contributed by atoms with Crippen LogP contribution in [0, 0.1) is 0 Å². The zero-order valence-corrected chi connectivity index (χ0v) is 15.0. The van der Waals surface area contributed by atoms with E-state index < -0.39 is 6.03 Å². The van der Waals surface area contributed by atoms with E-state index >= 15 is 0 Å². The zero-order valence-electron chi connectivity index (χ0n) is 13.5. The van der Waals surface area contributed by atoms with Crippen molar-refractivity contribution in [1.82, 2.24) is 0 Å². The van der Waals surface area contributed by atoms with Crippen LogP contribution in [0.2, 0.25) is 10.0 Å². The van der Waals surface area contributed by atoms with Crippen molar-refractivity contribution in [2.24, 2.45) is 0 Å². The first kappa shape index (κ1) is 18.0. The van der Waals surface area contributed by atoms with Crippen molar-refractivity contribution < 1.29 is 9.59 Å². The van der Waals surface area contributed by atoms with Crippen LogP contribution in [0.1, 0.15) is 15.9 Å². The van der Waals surface area contributed by atoms with Gasteiger partial charge in [-0.15, -0.1) is 0 Å². The molecule has 0 bridgehead atoms. The van der Waals surface area contributed by atoms with E-state index in [1.54, 1.807) is 54.6 Å². The lowest BCUT2D eigenvalue weighted by Gasteiger charge is -2.10. The van der Waals surface area contributed by atoms with Gasteiger partial charge in [-0.05, 0) is 42.5 Å². The number of carbonyl (C=O) groups is 2. The SMILES string of the molecule is O=C(Nc1ccc(C(=O)c2ccccc2)cc1)Nc1ccc(Cl)cc1Cl. The average Bonchev–Trinajstić information content (AvgIpc) is 2.65. The number of rotatable bonds is 4. The number of halogens is 2. The fraction of sp³-hybridized carbons (Fsp3) is 0. The maximum absolute atomic E-state index is 12.4. The third-order valence-electron chi connectivity index (χ3n) is 3.62. The van der Waals surface area contributed by atoms with Crippen LogP contribution in [0.15, 0.2) is 72.8 Å². The van der Waals surface area contributed by atoms with Gasteiger partial charge in [-0.2, -0.15) is 0 Å². The Balaban J connectivity index is 1.65. The monoisotopic (exact) mass is 384 g/mol. The highest BCUT2D eigenvalue weighted by Crippen LogP contribution is 2.25. The van der Waals surface area contributed by atoms with Gasteiger partial charge in [-0.1, -0.05) is 53.5 Å². The molecule has 0 aliphatic rings. The molecule has 0 radical (unpaired) electrons. The predicted molar refractivity (Wildman–Crippen MR) is 105 cm³/mol. The van der Waals surface area contributed by atoms with Gasteiger partial charge in [-0.3, -0.25) is 4.79 Å². The van der Waals surface area contributed by atoms with Gasteiger partial charge in [0.05, 0.1) is 10.7 Å². The zero-order chi connectivity index (χ0) is 18.5. The number of nitrogens with one attached hydrogen (secondary N) is 2. The Hall–Kier alpha value is -2.82. The van der Waals surface area contributed by atoms with E-state index in [-0.39, 0.29) is 5.78 Å². The Morgan fingerprint density at radius 2 is 1.38 bits per heavy atom. The maximum atomic E-state index is 12.4. The van der Waals surface area contributed by atoms with Gasteiger partial charge in [0.15, 0.2) is 5.78 Å². The first-order valence-corrected chi connectivity index (χ1v) is 8.51. The minimum Gasteiger partial charge on any atom is -0.308 e. The number of anilines is 2. The van der Waals surface area contributed by atoms with E-state index in [4.69, 9.17) is 23.2 Å². The van der Waals surface area contributed by atoms with E-state index in [1.165, 1.54) is 0 Å². The van der Waals surface area contributed by atoms with E-state index in [0.29, 0.717) is 32.5 Å². The van der Waals surface area contributed by atoms with Crippen LogP contribution in [0.3, 0.4) is 0 Å². The summed E-state index contributed by atoms with van der Waals surface area (Å²) in [5.41, 5.74) is 2.16. The summed E-state index contributed by atoms with van der Waals surface area (Å²) in [6.45, 7) is 0. The molecule has 0 saturated carbocycles. The molecule has 3 aromatic carbocycles. The average molecular weight is 385 g/mol. The van der Waals surface area contributed by atoms with Gasteiger partial charge in [-0.25, -0.2) is 4.79 Å². The molecule has 0 atom stereocenters. The van der Waals surface area contributed by atoms with Crippen LogP contribution in [0.25, 0.3) is 0 Å². The van der Waals surface area contributed by atoms with Crippen molar-refractivity contribution in [3.63, 3.8) is 0 Å². The Labute approximate surface area is 160 Å². The molecule has 0 unspecified atom stereocenters. The van der Waals surface area contributed by atoms with Crippen molar-refractivity contribution in [1.29, 1.82) is 0 Å². The maximum Gasteiger partial charge on any atom is 0.323 e. The van der Waals surface area contributed by atoms with Crippen molar-refractivity contribution in [3.8, 4) is 0 Å². The first-order valence-electron chi connectivity index (χ1n) is 7.76. The molecule has 0 fully saturated rings. The van der Waals surface area contributed by atoms with Gasteiger partial charge >= 0.3 is 6.03 Å². The summed E-state index contributed by atoms with van der Waals surface area (Å²) in [4.78, 5) is 24.4. The molecule has 0 spiro atoms. The van der Waals surface area contributed by atoms with Crippen LogP contribution in [0.4, 0.5) is 16.2 Å². The standard InChI is InChI=1S/C20H14Cl2N2O2/c21-15-8-11-18(17(22)12-15)24-20(26)23-16-9-6-14(7-10-16)19(25)13-4-2-1-3-5-13/h1-12H,(H2,23,24,26). The molecule has 0 aliphatic heterocycles. The van der Waals surface area contributed by atoms with Crippen molar-refractivity contribution in [2.75, 3.05) is 10.6 Å². The lowest BCUT2D eigenvalue weighted by molar-refractivity contribution is 0.103. The number of hydrogen-bond donors (Lipinski definition) is 2. The largest absolute Gasteiger partial charge is 0.323 e. The Morgan fingerprint density at radius 3 is 2.04 bits per heavy atom. The van der Waals surface area contributed by atoms with E-state index in [0.717, 1.165) is 0 Å². The third kappa shape index (κ3) is 4.42. The fourth-order valence-corrected chi connectivity index (χ4v) is 2.79. The summed E-state index contributed by atoms with van der Waals surface area (Å²) in [6.07, 6.45) is 0. The quantitative estimate of drug-likeness (QED) is 0.552. The van der Waals surface area contributed by atoms with Gasteiger partial charge in [0.25, 0.3) is 0 Å². The van der Waals surface area contributed by atoms with Crippen molar-refractivity contribution >= 4 is 46.4 Å². The number of benzene rings is 3. The third-order valence-corrected chi connectivity index (χ3v) is 4.17. The fourth-order valence-electron chi connectivity index (χ4n) is 2.34. The van der Waals surface area contributed by atoms with Gasteiger partial charge in [0.1, 0.15) is 0 Å². The second-order valence-corrected chi connectivity index (χ2v) is 6.32.